The molecule has 27 heteroatoms. The lowest BCUT2D eigenvalue weighted by Gasteiger charge is -2.39. The Morgan fingerprint density at radius 1 is 0.787 bits per heavy atom. The van der Waals surface area contributed by atoms with E-state index in [0.29, 0.717) is 6.42 Å². The van der Waals surface area contributed by atoms with Crippen molar-refractivity contribution in [1.29, 1.82) is 0 Å². The number of hydrogen-bond donors (Lipinski definition) is 13. The van der Waals surface area contributed by atoms with Gasteiger partial charge in [0.1, 0.15) is 80.5 Å². The van der Waals surface area contributed by atoms with Gasteiger partial charge in [-0.15, -0.1) is 5.10 Å². The van der Waals surface area contributed by atoms with Crippen LogP contribution >= 0.6 is 0 Å². The summed E-state index contributed by atoms with van der Waals surface area (Å²) in [6.07, 6.45) is -16.9. The minimum atomic E-state index is -1.70. The largest absolute Gasteiger partial charge is 0.462 e. The number of primary amides is 1. The summed E-state index contributed by atoms with van der Waals surface area (Å²) >= 11 is 0. The van der Waals surface area contributed by atoms with Gasteiger partial charge < -0.3 is 96.1 Å². The molecule has 3 aliphatic heterocycles. The second-order valence-electron chi connectivity index (χ2n) is 14.3. The monoisotopic (exact) mass is 881 g/mol. The molecule has 0 spiro atoms. The number of amides is 4. The van der Waals surface area contributed by atoms with E-state index in [-0.39, 0.29) is 57.7 Å². The average Bonchev–Trinajstić information content (AvgIpc) is 3.88. The van der Waals surface area contributed by atoms with E-state index in [2.05, 4.69) is 26.0 Å². The highest BCUT2D eigenvalue weighted by molar-refractivity contribution is 5.89. The maximum atomic E-state index is 13.2. The van der Waals surface area contributed by atoms with Gasteiger partial charge in [0.15, 0.2) is 18.8 Å². The second-order valence-corrected chi connectivity index (χ2v) is 14.3. The third-order valence-corrected chi connectivity index (χ3v) is 9.86. The molecule has 0 bridgehead atoms. The summed E-state index contributed by atoms with van der Waals surface area (Å²) in [5.74, 6) is -4.01. The van der Waals surface area contributed by atoms with E-state index in [1.807, 2.05) is 0 Å². The van der Waals surface area contributed by atoms with Crippen molar-refractivity contribution in [3.8, 4) is 0 Å². The van der Waals surface area contributed by atoms with Gasteiger partial charge in [-0.1, -0.05) is 0 Å². The number of aliphatic hydroxyl groups is 9. The number of ether oxygens (including phenoxy) is 6. The number of aliphatic hydroxyl groups excluding tert-OH is 9. The summed E-state index contributed by atoms with van der Waals surface area (Å²) in [6.45, 7) is -2.92. The predicted octanol–water partition coefficient (Wildman–Crippen LogP) is -8.13. The molecule has 4 rings (SSSR count). The Bertz CT molecular complexity index is 1590. The normalized spacial score (nSPS) is 31.9. The van der Waals surface area contributed by atoms with Crippen molar-refractivity contribution in [2.45, 2.75) is 124 Å². The zero-order valence-corrected chi connectivity index (χ0v) is 32.8. The molecule has 61 heavy (non-hydrogen) atoms. The summed E-state index contributed by atoms with van der Waals surface area (Å²) < 4.78 is 33.1. The molecule has 0 radical (unpaired) electrons. The first-order valence-corrected chi connectivity index (χ1v) is 19.4. The number of carbonyl (C=O) groups is 5. The van der Waals surface area contributed by atoms with Crippen molar-refractivity contribution >= 4 is 29.6 Å². The van der Waals surface area contributed by atoms with E-state index in [1.54, 1.807) is 0 Å². The average molecular weight is 882 g/mol. The summed E-state index contributed by atoms with van der Waals surface area (Å²) in [6, 6.07) is -1.22. The van der Waals surface area contributed by atoms with Gasteiger partial charge >= 0.3 is 5.97 Å². The molecule has 3 saturated heterocycles. The molecular formula is C34H55N7O20. The Morgan fingerprint density at radius 2 is 1.38 bits per heavy atom. The molecule has 0 aliphatic carbocycles. The van der Waals surface area contributed by atoms with Crippen LogP contribution in [0.2, 0.25) is 0 Å². The van der Waals surface area contributed by atoms with E-state index in [4.69, 9.17) is 34.2 Å². The fraction of sp³-hybridized carbons (Fsp3) is 0.794. The lowest BCUT2D eigenvalue weighted by Crippen LogP contribution is -2.59. The van der Waals surface area contributed by atoms with Crippen LogP contribution in [0.15, 0.2) is 6.33 Å². The quantitative estimate of drug-likeness (QED) is 0.0358. The van der Waals surface area contributed by atoms with Crippen LogP contribution in [0, 0.1) is 0 Å². The van der Waals surface area contributed by atoms with Gasteiger partial charge in [-0.25, -0.2) is 9.67 Å². The van der Waals surface area contributed by atoms with Gasteiger partial charge in [0.25, 0.3) is 5.91 Å². The van der Waals surface area contributed by atoms with Gasteiger partial charge in [0, 0.05) is 13.0 Å². The van der Waals surface area contributed by atoms with Crippen LogP contribution in [-0.2, 0) is 47.6 Å². The van der Waals surface area contributed by atoms with Gasteiger partial charge in [-0.2, -0.15) is 0 Å². The fourth-order valence-electron chi connectivity index (χ4n) is 6.33. The SMILES string of the molecule is NC(=O)c1ncn(C2C[C@H](O)C(COC(=O)CNC(=O)[C@H](CCCCNC(=O)CCOC3OC(CO)C(O)C(O)C3O)NC(=O)CCOC3OC(CO)C(O)C(O)C3O)O2)n1. The number of unbranched alkanes of at least 4 members (excludes halogenated alkanes) is 1. The van der Waals surface area contributed by atoms with Crippen LogP contribution in [0.5, 0.6) is 0 Å². The third-order valence-electron chi connectivity index (χ3n) is 9.86. The first-order chi connectivity index (χ1) is 29.0. The standard InChI is InChI=1S/C34H55N7O20/c35-30(54)31-38-14-41(40-31)22-9-16(44)19(59-22)13-58-23(47)10-37-32(55)15(39-21(46)5-8-57-34-29(53)27(51)25(49)18(12-43)61-34)3-1-2-6-36-20(45)4-7-56-33-28(52)26(50)24(48)17(11-42)60-33/h14-19,22,24-29,33-34,42-44,48-53H,1-13H2,(H2,35,54)(H,36,45)(H,37,55)(H,39,46)/t15-,16-,17?,18?,19?,22?,24?,25?,26?,27?,28?,29?,33?,34?/m0/s1. The highest BCUT2D eigenvalue weighted by Crippen LogP contribution is 2.28. The molecular weight excluding hydrogens is 826 g/mol. The van der Waals surface area contributed by atoms with Crippen LogP contribution in [-0.4, -0.2) is 216 Å². The van der Waals surface area contributed by atoms with Crippen molar-refractivity contribution in [1.82, 2.24) is 30.7 Å². The third kappa shape index (κ3) is 14.2. The molecule has 4 heterocycles. The van der Waals surface area contributed by atoms with Crippen molar-refractivity contribution in [3.05, 3.63) is 12.2 Å². The minimum absolute atomic E-state index is 0.0134. The van der Waals surface area contributed by atoms with Gasteiger partial charge in [0.2, 0.25) is 23.5 Å². The molecule has 0 saturated carbocycles. The fourth-order valence-corrected chi connectivity index (χ4v) is 6.33. The summed E-state index contributed by atoms with van der Waals surface area (Å²) in [5, 5.41) is 100. The Morgan fingerprint density at radius 3 is 1.93 bits per heavy atom. The van der Waals surface area contributed by atoms with Crippen LogP contribution in [0.4, 0.5) is 0 Å². The first-order valence-electron chi connectivity index (χ1n) is 19.4. The van der Waals surface area contributed by atoms with Crippen LogP contribution in [0.1, 0.15) is 55.4 Å². The van der Waals surface area contributed by atoms with Crippen LogP contribution in [0.3, 0.4) is 0 Å². The number of esters is 1. The summed E-state index contributed by atoms with van der Waals surface area (Å²) in [4.78, 5) is 66.0. The number of hydrogen-bond acceptors (Lipinski definition) is 22. The van der Waals surface area contributed by atoms with E-state index in [0.717, 1.165) is 0 Å². The zero-order valence-electron chi connectivity index (χ0n) is 32.8. The predicted molar refractivity (Wildman–Crippen MR) is 195 cm³/mol. The minimum Gasteiger partial charge on any atom is -0.462 e. The number of nitrogens with two attached hydrogens (primary N) is 1. The number of aromatic nitrogens is 3. The molecule has 1 aromatic rings. The molecule has 346 valence electrons. The number of rotatable bonds is 23. The molecule has 14 atom stereocenters. The van der Waals surface area contributed by atoms with E-state index in [1.165, 1.54) is 11.0 Å². The first kappa shape index (κ1) is 49.6. The lowest BCUT2D eigenvalue weighted by atomic mass is 9.99. The van der Waals surface area contributed by atoms with Crippen molar-refractivity contribution in [2.24, 2.45) is 5.73 Å². The molecule has 3 fully saturated rings. The van der Waals surface area contributed by atoms with Crippen molar-refractivity contribution in [3.63, 3.8) is 0 Å². The van der Waals surface area contributed by atoms with Crippen molar-refractivity contribution in [2.75, 3.05) is 46.1 Å². The smallest absolute Gasteiger partial charge is 0.325 e. The number of carbonyl (C=O) groups excluding carboxylic acids is 5. The van der Waals surface area contributed by atoms with E-state index >= 15 is 0 Å². The Balaban J connectivity index is 1.22. The Kier molecular flexibility index (Phi) is 19.5. The van der Waals surface area contributed by atoms with Gasteiger partial charge in [-0.05, 0) is 19.3 Å². The lowest BCUT2D eigenvalue weighted by molar-refractivity contribution is -0.300. The molecule has 27 nitrogen and oxygen atoms in total. The number of nitrogens with zero attached hydrogens (tertiary/aromatic N) is 3. The maximum absolute atomic E-state index is 13.2. The number of nitrogens with one attached hydrogen (secondary N) is 3. The molecule has 12 unspecified atom stereocenters. The highest BCUT2D eigenvalue weighted by atomic mass is 16.7. The highest BCUT2D eigenvalue weighted by Gasteiger charge is 2.45. The summed E-state index contributed by atoms with van der Waals surface area (Å²) in [7, 11) is 0. The topological polar surface area (TPSA) is 416 Å². The van der Waals surface area contributed by atoms with E-state index < -0.39 is 142 Å². The van der Waals surface area contributed by atoms with Gasteiger partial charge in [-0.3, -0.25) is 24.0 Å². The molecule has 14 N–H and O–H groups in total. The zero-order chi connectivity index (χ0) is 44.8. The van der Waals surface area contributed by atoms with Gasteiger partial charge in [0.05, 0.1) is 45.4 Å². The van der Waals surface area contributed by atoms with Crippen molar-refractivity contribution < 1.29 is 98.4 Å². The molecule has 1 aromatic heterocycles. The van der Waals surface area contributed by atoms with Crippen LogP contribution in [0.25, 0.3) is 0 Å². The second kappa shape index (κ2) is 24.0. The van der Waals surface area contributed by atoms with Crippen LogP contribution < -0.4 is 21.7 Å². The molecule has 4 amide bonds. The maximum Gasteiger partial charge on any atom is 0.325 e. The Hall–Kier alpha value is -4.07. The molecule has 0 aromatic carbocycles. The Labute approximate surface area is 347 Å². The van der Waals surface area contributed by atoms with E-state index in [9.17, 15) is 69.9 Å². The summed E-state index contributed by atoms with van der Waals surface area (Å²) in [5.41, 5.74) is 5.16. The molecule has 3 aliphatic rings.